The van der Waals surface area contributed by atoms with Crippen molar-refractivity contribution >= 4 is 11.7 Å². The van der Waals surface area contributed by atoms with Crippen molar-refractivity contribution in [2.24, 2.45) is 0 Å². The summed E-state index contributed by atoms with van der Waals surface area (Å²) in [5.74, 6) is -0.425. The predicted molar refractivity (Wildman–Crippen MR) is 53.8 cm³/mol. The van der Waals surface area contributed by atoms with Crippen molar-refractivity contribution in [2.45, 2.75) is 6.92 Å². The molecular weight excluding hydrogens is 183 g/mol. The molecule has 0 radical (unpaired) electrons. The van der Waals surface area contributed by atoms with Gasteiger partial charge in [0.25, 0.3) is 0 Å². The Balaban J connectivity index is 2.86. The normalized spacial score (nSPS) is 9.71. The van der Waals surface area contributed by atoms with Gasteiger partial charge >= 0.3 is 6.03 Å². The molecule has 0 unspecified atom stereocenters. The Hall–Kier alpha value is -1.58. The molecule has 4 heteroatoms. The first-order valence-electron chi connectivity index (χ1n) is 4.25. The molecule has 2 amide bonds. The lowest BCUT2D eigenvalue weighted by molar-refractivity contribution is 0.230. The summed E-state index contributed by atoms with van der Waals surface area (Å²) in [6, 6.07) is 4.24. The molecule has 0 heterocycles. The summed E-state index contributed by atoms with van der Waals surface area (Å²) in [4.78, 5) is 12.6. The quantitative estimate of drug-likeness (QED) is 0.733. The first-order chi connectivity index (χ1) is 6.50. The molecule has 0 bridgehead atoms. The third-order valence-corrected chi connectivity index (χ3v) is 1.77. The molecule has 0 saturated heterocycles. The zero-order valence-corrected chi connectivity index (χ0v) is 8.47. The number of urea groups is 1. The number of hydrogen-bond acceptors (Lipinski definition) is 1. The summed E-state index contributed by atoms with van der Waals surface area (Å²) in [6.45, 7) is 1.84. The van der Waals surface area contributed by atoms with Crippen LogP contribution in [0.15, 0.2) is 18.2 Å². The standard InChI is InChI=1S/C10H13FN2O/c1-7-4-5-8(11)9(6-7)12-10(14)13(2)3/h4-6H,1-3H3,(H,12,14). The average molecular weight is 196 g/mol. The Morgan fingerprint density at radius 3 is 2.64 bits per heavy atom. The molecule has 0 aliphatic carbocycles. The summed E-state index contributed by atoms with van der Waals surface area (Å²) in [6.07, 6.45) is 0. The van der Waals surface area contributed by atoms with Crippen LogP contribution in [0.5, 0.6) is 0 Å². The van der Waals surface area contributed by atoms with Gasteiger partial charge in [-0.1, -0.05) is 6.07 Å². The van der Waals surface area contributed by atoms with Crippen LogP contribution in [-0.2, 0) is 0 Å². The molecule has 0 atom stereocenters. The van der Waals surface area contributed by atoms with Crippen LogP contribution in [0, 0.1) is 12.7 Å². The predicted octanol–water partition coefficient (Wildman–Crippen LogP) is 2.23. The average Bonchev–Trinajstić information content (AvgIpc) is 2.11. The van der Waals surface area contributed by atoms with Gasteiger partial charge in [-0.25, -0.2) is 9.18 Å². The minimum absolute atomic E-state index is 0.212. The van der Waals surface area contributed by atoms with E-state index in [1.165, 1.54) is 11.0 Å². The fraction of sp³-hybridized carbons (Fsp3) is 0.300. The first kappa shape index (κ1) is 10.5. The number of aryl methyl sites for hydroxylation is 1. The number of hydrogen-bond donors (Lipinski definition) is 1. The fourth-order valence-electron chi connectivity index (χ4n) is 0.962. The lowest BCUT2D eigenvalue weighted by Crippen LogP contribution is -2.27. The van der Waals surface area contributed by atoms with E-state index in [0.717, 1.165) is 5.56 Å². The summed E-state index contributed by atoms with van der Waals surface area (Å²) in [5.41, 5.74) is 1.11. The Labute approximate surface area is 82.5 Å². The molecule has 0 spiro atoms. The van der Waals surface area contributed by atoms with Crippen LogP contribution in [0.4, 0.5) is 14.9 Å². The van der Waals surface area contributed by atoms with Gasteiger partial charge in [-0.05, 0) is 24.6 Å². The number of anilines is 1. The molecule has 0 aliphatic rings. The second kappa shape index (κ2) is 4.09. The molecule has 1 aromatic carbocycles. The van der Waals surface area contributed by atoms with E-state index in [-0.39, 0.29) is 11.7 Å². The summed E-state index contributed by atoms with van der Waals surface area (Å²) in [5, 5.41) is 2.46. The third kappa shape index (κ3) is 2.45. The van der Waals surface area contributed by atoms with E-state index in [1.807, 2.05) is 6.92 Å². The van der Waals surface area contributed by atoms with Gasteiger partial charge in [-0.15, -0.1) is 0 Å². The minimum atomic E-state index is -0.425. The Morgan fingerprint density at radius 2 is 2.07 bits per heavy atom. The highest BCUT2D eigenvalue weighted by atomic mass is 19.1. The van der Waals surface area contributed by atoms with E-state index < -0.39 is 5.82 Å². The van der Waals surface area contributed by atoms with Crippen LogP contribution in [0.3, 0.4) is 0 Å². The molecule has 76 valence electrons. The van der Waals surface area contributed by atoms with Crippen LogP contribution in [0.1, 0.15) is 5.56 Å². The summed E-state index contributed by atoms with van der Waals surface area (Å²) >= 11 is 0. The van der Waals surface area contributed by atoms with E-state index in [0.29, 0.717) is 0 Å². The van der Waals surface area contributed by atoms with Gasteiger partial charge in [0.2, 0.25) is 0 Å². The molecule has 1 rings (SSSR count). The molecule has 14 heavy (non-hydrogen) atoms. The second-order valence-electron chi connectivity index (χ2n) is 3.31. The number of carbonyl (C=O) groups excluding carboxylic acids is 1. The number of benzene rings is 1. The molecular formula is C10H13FN2O. The maximum atomic E-state index is 13.2. The number of rotatable bonds is 1. The number of nitrogens with one attached hydrogen (secondary N) is 1. The molecule has 0 fully saturated rings. The van der Waals surface area contributed by atoms with E-state index in [1.54, 1.807) is 26.2 Å². The van der Waals surface area contributed by atoms with Crippen molar-refractivity contribution in [3.63, 3.8) is 0 Å². The van der Waals surface area contributed by atoms with Crippen molar-refractivity contribution in [3.05, 3.63) is 29.6 Å². The third-order valence-electron chi connectivity index (χ3n) is 1.77. The summed E-state index contributed by atoms with van der Waals surface area (Å²) < 4.78 is 13.2. The molecule has 0 saturated carbocycles. The minimum Gasteiger partial charge on any atom is -0.331 e. The van der Waals surface area contributed by atoms with Gasteiger partial charge in [-0.3, -0.25) is 0 Å². The van der Waals surface area contributed by atoms with Crippen molar-refractivity contribution < 1.29 is 9.18 Å². The molecule has 3 nitrogen and oxygen atoms in total. The van der Waals surface area contributed by atoms with E-state index in [2.05, 4.69) is 5.32 Å². The molecule has 1 N–H and O–H groups in total. The smallest absolute Gasteiger partial charge is 0.321 e. The Morgan fingerprint density at radius 1 is 1.43 bits per heavy atom. The van der Waals surface area contributed by atoms with Crippen molar-refractivity contribution in [2.75, 3.05) is 19.4 Å². The summed E-state index contributed by atoms with van der Waals surface area (Å²) in [7, 11) is 3.20. The highest BCUT2D eigenvalue weighted by Crippen LogP contribution is 2.15. The van der Waals surface area contributed by atoms with Crippen molar-refractivity contribution in [1.29, 1.82) is 0 Å². The maximum Gasteiger partial charge on any atom is 0.321 e. The molecule has 1 aromatic rings. The van der Waals surface area contributed by atoms with Crippen LogP contribution in [0.2, 0.25) is 0 Å². The van der Waals surface area contributed by atoms with Gasteiger partial charge in [0.1, 0.15) is 5.82 Å². The van der Waals surface area contributed by atoms with Crippen molar-refractivity contribution in [1.82, 2.24) is 4.90 Å². The number of amides is 2. The molecule has 0 aromatic heterocycles. The fourth-order valence-corrected chi connectivity index (χ4v) is 0.962. The van der Waals surface area contributed by atoms with Crippen LogP contribution < -0.4 is 5.32 Å². The largest absolute Gasteiger partial charge is 0.331 e. The van der Waals surface area contributed by atoms with Crippen LogP contribution in [0.25, 0.3) is 0 Å². The Bertz CT molecular complexity index is 350. The van der Waals surface area contributed by atoms with Gasteiger partial charge in [0.05, 0.1) is 5.69 Å². The highest BCUT2D eigenvalue weighted by Gasteiger charge is 2.07. The highest BCUT2D eigenvalue weighted by molar-refractivity contribution is 5.89. The van der Waals surface area contributed by atoms with E-state index >= 15 is 0 Å². The van der Waals surface area contributed by atoms with Crippen LogP contribution >= 0.6 is 0 Å². The number of nitrogens with zero attached hydrogens (tertiary/aromatic N) is 1. The second-order valence-corrected chi connectivity index (χ2v) is 3.31. The van der Waals surface area contributed by atoms with E-state index in [4.69, 9.17) is 0 Å². The first-order valence-corrected chi connectivity index (χ1v) is 4.25. The number of halogens is 1. The van der Waals surface area contributed by atoms with Gasteiger partial charge in [-0.2, -0.15) is 0 Å². The van der Waals surface area contributed by atoms with Crippen LogP contribution in [-0.4, -0.2) is 25.0 Å². The maximum absolute atomic E-state index is 13.2. The zero-order chi connectivity index (χ0) is 10.7. The molecule has 0 aliphatic heterocycles. The number of carbonyl (C=O) groups is 1. The topological polar surface area (TPSA) is 32.3 Å². The lowest BCUT2D eigenvalue weighted by atomic mass is 10.2. The lowest BCUT2D eigenvalue weighted by Gasteiger charge is -2.12. The zero-order valence-electron chi connectivity index (χ0n) is 8.47. The van der Waals surface area contributed by atoms with Crippen molar-refractivity contribution in [3.8, 4) is 0 Å². The van der Waals surface area contributed by atoms with Gasteiger partial charge < -0.3 is 10.2 Å². The van der Waals surface area contributed by atoms with Gasteiger partial charge in [0, 0.05) is 14.1 Å². The van der Waals surface area contributed by atoms with Gasteiger partial charge in [0.15, 0.2) is 0 Å². The Kier molecular flexibility index (Phi) is 3.06. The SMILES string of the molecule is Cc1ccc(F)c(NC(=O)N(C)C)c1. The van der Waals surface area contributed by atoms with E-state index in [9.17, 15) is 9.18 Å². The monoisotopic (exact) mass is 196 g/mol.